The molecule has 0 fully saturated rings. The largest absolute Gasteiger partial charge is 0.494 e. The summed E-state index contributed by atoms with van der Waals surface area (Å²) in [7, 11) is 0. The van der Waals surface area contributed by atoms with Gasteiger partial charge in [-0.05, 0) is 48.9 Å². The molecule has 0 saturated carbocycles. The Kier molecular flexibility index (Phi) is 5.94. The standard InChI is InChI=1S/C24H24N4O2/c1-2-3-16-30-19-13-11-18(12-14-19)25-24(29)27-21-9-5-4-8-20(21)22-17-28-15-7-6-10-23(28)26-22/h4-15,17H,2-3,16H2,1H3,(H2,25,27,29). The number of benzene rings is 2. The van der Waals surface area contributed by atoms with Gasteiger partial charge in [-0.3, -0.25) is 0 Å². The van der Waals surface area contributed by atoms with Gasteiger partial charge in [-0.15, -0.1) is 0 Å². The fraction of sp³-hybridized carbons (Fsp3) is 0.167. The summed E-state index contributed by atoms with van der Waals surface area (Å²) in [4.78, 5) is 17.2. The Morgan fingerprint density at radius 1 is 1.00 bits per heavy atom. The van der Waals surface area contributed by atoms with Crippen molar-refractivity contribution in [2.75, 3.05) is 17.2 Å². The maximum atomic E-state index is 12.6. The molecule has 2 aromatic carbocycles. The lowest BCUT2D eigenvalue weighted by molar-refractivity contribution is 0.262. The first-order chi connectivity index (χ1) is 14.7. The van der Waals surface area contributed by atoms with Crippen molar-refractivity contribution >= 4 is 23.1 Å². The maximum absolute atomic E-state index is 12.6. The first kappa shape index (κ1) is 19.5. The van der Waals surface area contributed by atoms with Crippen molar-refractivity contribution in [1.29, 1.82) is 0 Å². The number of imidazole rings is 1. The molecule has 6 heteroatoms. The van der Waals surface area contributed by atoms with E-state index in [0.29, 0.717) is 18.0 Å². The smallest absolute Gasteiger partial charge is 0.323 e. The van der Waals surface area contributed by atoms with Crippen LogP contribution in [0.3, 0.4) is 0 Å². The Morgan fingerprint density at radius 3 is 2.60 bits per heavy atom. The third-order valence-electron chi connectivity index (χ3n) is 4.69. The quantitative estimate of drug-likeness (QED) is 0.384. The van der Waals surface area contributed by atoms with E-state index in [4.69, 9.17) is 4.74 Å². The van der Waals surface area contributed by atoms with Crippen molar-refractivity contribution < 1.29 is 9.53 Å². The summed E-state index contributed by atoms with van der Waals surface area (Å²) < 4.78 is 7.61. The fourth-order valence-electron chi connectivity index (χ4n) is 3.13. The van der Waals surface area contributed by atoms with Crippen LogP contribution in [0.2, 0.25) is 0 Å². The van der Waals surface area contributed by atoms with Crippen LogP contribution < -0.4 is 15.4 Å². The summed E-state index contributed by atoms with van der Waals surface area (Å²) in [5.74, 6) is 0.798. The molecule has 0 aliphatic carbocycles. The van der Waals surface area contributed by atoms with E-state index < -0.39 is 0 Å². The van der Waals surface area contributed by atoms with E-state index in [0.717, 1.165) is 35.5 Å². The number of ether oxygens (including phenoxy) is 1. The van der Waals surface area contributed by atoms with Crippen LogP contribution in [0, 0.1) is 0 Å². The monoisotopic (exact) mass is 400 g/mol. The second-order valence-corrected chi connectivity index (χ2v) is 6.94. The molecule has 0 aliphatic heterocycles. The zero-order chi connectivity index (χ0) is 20.8. The highest BCUT2D eigenvalue weighted by Gasteiger charge is 2.11. The van der Waals surface area contributed by atoms with E-state index in [1.165, 1.54) is 0 Å². The minimum absolute atomic E-state index is 0.314. The molecule has 0 saturated heterocycles. The van der Waals surface area contributed by atoms with Crippen molar-refractivity contribution in [3.05, 3.63) is 79.1 Å². The van der Waals surface area contributed by atoms with Crippen molar-refractivity contribution in [3.63, 3.8) is 0 Å². The van der Waals surface area contributed by atoms with E-state index in [1.807, 2.05) is 83.5 Å². The molecule has 0 radical (unpaired) electrons. The zero-order valence-electron chi connectivity index (χ0n) is 16.8. The SMILES string of the molecule is CCCCOc1ccc(NC(=O)Nc2ccccc2-c2cn3ccccc3n2)cc1. The summed E-state index contributed by atoms with van der Waals surface area (Å²) in [6, 6.07) is 20.5. The van der Waals surface area contributed by atoms with Crippen LogP contribution in [0.25, 0.3) is 16.9 Å². The topological polar surface area (TPSA) is 67.7 Å². The second-order valence-electron chi connectivity index (χ2n) is 6.94. The van der Waals surface area contributed by atoms with Gasteiger partial charge in [0.1, 0.15) is 11.4 Å². The lowest BCUT2D eigenvalue weighted by Crippen LogP contribution is -2.19. The number of nitrogens with zero attached hydrogens (tertiary/aromatic N) is 2. The van der Waals surface area contributed by atoms with Crippen LogP contribution in [0.4, 0.5) is 16.2 Å². The molecule has 0 unspecified atom stereocenters. The minimum atomic E-state index is -0.314. The molecule has 2 heterocycles. The number of hydrogen-bond acceptors (Lipinski definition) is 3. The third-order valence-corrected chi connectivity index (χ3v) is 4.69. The van der Waals surface area contributed by atoms with E-state index in [-0.39, 0.29) is 6.03 Å². The molecule has 30 heavy (non-hydrogen) atoms. The first-order valence-electron chi connectivity index (χ1n) is 10.1. The molecule has 0 spiro atoms. The van der Waals surface area contributed by atoms with Crippen molar-refractivity contribution in [2.45, 2.75) is 19.8 Å². The molecule has 2 aromatic heterocycles. The summed E-state index contributed by atoms with van der Waals surface area (Å²) >= 11 is 0. The summed E-state index contributed by atoms with van der Waals surface area (Å²) in [6.07, 6.45) is 6.01. The Bertz CT molecular complexity index is 1100. The molecular weight excluding hydrogens is 376 g/mol. The number of urea groups is 1. The van der Waals surface area contributed by atoms with Crippen molar-refractivity contribution in [2.24, 2.45) is 0 Å². The number of carbonyl (C=O) groups excluding carboxylic acids is 1. The Balaban J connectivity index is 1.45. The molecule has 4 aromatic rings. The summed E-state index contributed by atoms with van der Waals surface area (Å²) in [5, 5.41) is 5.79. The molecule has 0 bridgehead atoms. The number of amides is 2. The van der Waals surface area contributed by atoms with Gasteiger partial charge in [0, 0.05) is 23.6 Å². The van der Waals surface area contributed by atoms with Crippen LogP contribution in [-0.2, 0) is 0 Å². The van der Waals surface area contributed by atoms with Crippen molar-refractivity contribution in [3.8, 4) is 17.0 Å². The van der Waals surface area contributed by atoms with Gasteiger partial charge in [-0.25, -0.2) is 9.78 Å². The molecule has 6 nitrogen and oxygen atoms in total. The molecule has 2 N–H and O–H groups in total. The van der Waals surface area contributed by atoms with E-state index >= 15 is 0 Å². The van der Waals surface area contributed by atoms with E-state index in [9.17, 15) is 4.79 Å². The van der Waals surface area contributed by atoms with E-state index in [2.05, 4.69) is 22.5 Å². The highest BCUT2D eigenvalue weighted by Crippen LogP contribution is 2.27. The maximum Gasteiger partial charge on any atom is 0.323 e. The van der Waals surface area contributed by atoms with Gasteiger partial charge >= 0.3 is 6.03 Å². The number of pyridine rings is 1. The van der Waals surface area contributed by atoms with Gasteiger partial charge in [-0.1, -0.05) is 37.6 Å². The number of carbonyl (C=O) groups is 1. The zero-order valence-corrected chi connectivity index (χ0v) is 16.8. The Hall–Kier alpha value is -3.80. The molecule has 0 atom stereocenters. The minimum Gasteiger partial charge on any atom is -0.494 e. The van der Waals surface area contributed by atoms with Crippen LogP contribution in [-0.4, -0.2) is 22.0 Å². The summed E-state index contributed by atoms with van der Waals surface area (Å²) in [6.45, 7) is 2.83. The predicted octanol–water partition coefficient (Wildman–Crippen LogP) is 5.82. The number of aromatic nitrogens is 2. The lowest BCUT2D eigenvalue weighted by Gasteiger charge is -2.11. The summed E-state index contributed by atoms with van der Waals surface area (Å²) in [5.41, 5.74) is 3.90. The second kappa shape index (κ2) is 9.13. The number of para-hydroxylation sites is 1. The fourth-order valence-corrected chi connectivity index (χ4v) is 3.13. The number of nitrogens with one attached hydrogen (secondary N) is 2. The third kappa shape index (κ3) is 4.60. The van der Waals surface area contributed by atoms with Gasteiger partial charge in [0.15, 0.2) is 0 Å². The normalized spacial score (nSPS) is 10.7. The highest BCUT2D eigenvalue weighted by molar-refractivity contribution is 6.02. The number of unbranched alkanes of at least 4 members (excludes halogenated alkanes) is 1. The van der Waals surface area contributed by atoms with E-state index in [1.54, 1.807) is 0 Å². The van der Waals surface area contributed by atoms with Crippen LogP contribution in [0.5, 0.6) is 5.75 Å². The highest BCUT2D eigenvalue weighted by atomic mass is 16.5. The molecular formula is C24H24N4O2. The molecule has 4 rings (SSSR count). The Labute approximate surface area is 175 Å². The average molecular weight is 400 g/mol. The van der Waals surface area contributed by atoms with Gasteiger partial charge in [0.05, 0.1) is 18.0 Å². The van der Waals surface area contributed by atoms with Gasteiger partial charge < -0.3 is 19.8 Å². The number of hydrogen-bond donors (Lipinski definition) is 2. The lowest BCUT2D eigenvalue weighted by atomic mass is 10.1. The van der Waals surface area contributed by atoms with Crippen LogP contribution in [0.1, 0.15) is 19.8 Å². The van der Waals surface area contributed by atoms with Crippen LogP contribution in [0.15, 0.2) is 79.1 Å². The number of fused-ring (bicyclic) bond motifs is 1. The number of anilines is 2. The average Bonchev–Trinajstić information content (AvgIpc) is 3.19. The number of rotatable bonds is 7. The van der Waals surface area contributed by atoms with Gasteiger partial charge in [0.2, 0.25) is 0 Å². The van der Waals surface area contributed by atoms with Crippen LogP contribution >= 0.6 is 0 Å². The molecule has 152 valence electrons. The Morgan fingerprint density at radius 2 is 1.80 bits per heavy atom. The predicted molar refractivity (Wildman–Crippen MR) is 120 cm³/mol. The van der Waals surface area contributed by atoms with Gasteiger partial charge in [0.25, 0.3) is 0 Å². The molecule has 2 amide bonds. The molecule has 0 aliphatic rings. The first-order valence-corrected chi connectivity index (χ1v) is 10.1. The van der Waals surface area contributed by atoms with Gasteiger partial charge in [-0.2, -0.15) is 0 Å². The van der Waals surface area contributed by atoms with Crippen molar-refractivity contribution in [1.82, 2.24) is 9.38 Å².